The van der Waals surface area contributed by atoms with Gasteiger partial charge in [0.1, 0.15) is 11.5 Å². The molecule has 0 saturated heterocycles. The van der Waals surface area contributed by atoms with Crippen molar-refractivity contribution in [2.75, 3.05) is 26.4 Å². The number of fused-ring (bicyclic) bond motifs is 1. The van der Waals surface area contributed by atoms with Gasteiger partial charge in [-0.2, -0.15) is 0 Å². The van der Waals surface area contributed by atoms with Crippen LogP contribution in [0.15, 0.2) is 18.2 Å². The van der Waals surface area contributed by atoms with Gasteiger partial charge in [0.05, 0.1) is 19.3 Å². The number of benzene rings is 1. The van der Waals surface area contributed by atoms with Gasteiger partial charge in [-0.25, -0.2) is 0 Å². The van der Waals surface area contributed by atoms with Crippen LogP contribution in [0.5, 0.6) is 11.5 Å². The summed E-state index contributed by atoms with van der Waals surface area (Å²) >= 11 is 0. The minimum Gasteiger partial charge on any atom is -0.520 e. The average molecular weight is 401 g/mol. The maximum atomic E-state index is 6.09. The molecule has 0 amide bonds. The zero-order valence-electron chi connectivity index (χ0n) is 16.6. The first kappa shape index (κ1) is 21.4. The lowest BCUT2D eigenvalue weighted by Crippen LogP contribution is -2.47. The Bertz CT molecular complexity index is 554. The minimum atomic E-state index is -2.67. The van der Waals surface area contributed by atoms with E-state index in [1.165, 1.54) is 0 Å². The molecule has 0 aliphatic carbocycles. The van der Waals surface area contributed by atoms with Crippen LogP contribution in [0, 0.1) is 0 Å². The van der Waals surface area contributed by atoms with E-state index in [0.29, 0.717) is 39.1 Å². The van der Waals surface area contributed by atoms with Gasteiger partial charge in [-0.3, -0.25) is 0 Å². The second kappa shape index (κ2) is 9.86. The lowest BCUT2D eigenvalue weighted by molar-refractivity contribution is 0.0675. The van der Waals surface area contributed by atoms with Crippen molar-refractivity contribution in [2.24, 2.45) is 0 Å². The predicted molar refractivity (Wildman–Crippen MR) is 105 cm³/mol. The zero-order chi connectivity index (χ0) is 19.0. The highest BCUT2D eigenvalue weighted by Gasteiger charge is 2.40. The van der Waals surface area contributed by atoms with Crippen LogP contribution in [0.4, 0.5) is 0 Å². The van der Waals surface area contributed by atoms with E-state index in [2.05, 4.69) is 13.5 Å². The predicted octanol–water partition coefficient (Wildman–Crippen LogP) is 4.11. The van der Waals surface area contributed by atoms with Crippen molar-refractivity contribution in [1.82, 2.24) is 0 Å². The second-order valence-corrected chi connectivity index (χ2v) is 12.4. The largest absolute Gasteiger partial charge is 0.520 e. The van der Waals surface area contributed by atoms with Crippen molar-refractivity contribution in [3.8, 4) is 11.5 Å². The first-order valence-electron chi connectivity index (χ1n) is 9.50. The molecule has 26 heavy (non-hydrogen) atoms. The summed E-state index contributed by atoms with van der Waals surface area (Å²) < 4.78 is 35.5. The molecule has 1 atom stereocenters. The van der Waals surface area contributed by atoms with E-state index >= 15 is 0 Å². The van der Waals surface area contributed by atoms with Crippen molar-refractivity contribution >= 4 is 17.4 Å². The number of ether oxygens (including phenoxy) is 1. The smallest absolute Gasteiger partial charge is 0.504 e. The summed E-state index contributed by atoms with van der Waals surface area (Å²) in [7, 11) is -4.71. The Labute approximate surface area is 159 Å². The second-order valence-electron chi connectivity index (χ2n) is 6.23. The highest BCUT2D eigenvalue weighted by Crippen LogP contribution is 2.33. The molecule has 0 fully saturated rings. The Morgan fingerprint density at radius 3 is 2.27 bits per heavy atom. The molecule has 1 aliphatic rings. The highest BCUT2D eigenvalue weighted by atomic mass is 28.4. The van der Waals surface area contributed by atoms with Gasteiger partial charge >= 0.3 is 17.4 Å². The maximum absolute atomic E-state index is 6.09. The number of hydrogen-bond acceptors (Lipinski definition) is 6. The van der Waals surface area contributed by atoms with Crippen molar-refractivity contribution in [1.29, 1.82) is 0 Å². The van der Waals surface area contributed by atoms with Gasteiger partial charge < -0.3 is 26.9 Å². The van der Waals surface area contributed by atoms with Crippen molar-refractivity contribution in [2.45, 2.75) is 52.9 Å². The molecule has 1 aliphatic heterocycles. The molecule has 2 rings (SSSR count). The summed E-state index contributed by atoms with van der Waals surface area (Å²) in [5.74, 6) is 1.71. The van der Waals surface area contributed by atoms with E-state index in [9.17, 15) is 0 Å². The van der Waals surface area contributed by atoms with Crippen LogP contribution >= 0.6 is 0 Å². The Kier molecular flexibility index (Phi) is 8.12. The molecule has 1 aromatic rings. The SMILES string of the molecule is CCO[Si](CCOc1ccc2c(c1)CO[Si](C)(CC)O2)(OCC)OCC. The molecular formula is C18H32O6Si2. The van der Waals surface area contributed by atoms with E-state index in [4.69, 9.17) is 26.9 Å². The molecule has 1 unspecified atom stereocenters. The standard InChI is InChI=1S/C18H32O6Si2/c1-6-20-26(21-7-2,22-8-3)13-12-19-17-10-11-18-16(14-17)15-23-25(5,9-4)24-18/h10-11,14H,6-9,12-13,15H2,1-5H3. The van der Waals surface area contributed by atoms with Gasteiger partial charge in [-0.05, 0) is 51.6 Å². The van der Waals surface area contributed by atoms with Gasteiger partial charge in [-0.15, -0.1) is 0 Å². The molecule has 0 bridgehead atoms. The van der Waals surface area contributed by atoms with Crippen molar-refractivity contribution in [3.63, 3.8) is 0 Å². The molecule has 1 heterocycles. The summed E-state index contributed by atoms with van der Waals surface area (Å²) in [6, 6.07) is 7.47. The average Bonchev–Trinajstić information content (AvgIpc) is 2.62. The van der Waals surface area contributed by atoms with Gasteiger partial charge in [0.15, 0.2) is 0 Å². The van der Waals surface area contributed by atoms with E-state index in [0.717, 1.165) is 23.1 Å². The fourth-order valence-electron chi connectivity index (χ4n) is 2.82. The Balaban J connectivity index is 1.97. The highest BCUT2D eigenvalue weighted by molar-refractivity contribution is 6.66. The summed E-state index contributed by atoms with van der Waals surface area (Å²) in [4.78, 5) is 0. The van der Waals surface area contributed by atoms with Crippen LogP contribution in [0.3, 0.4) is 0 Å². The van der Waals surface area contributed by atoms with Gasteiger partial charge in [0.2, 0.25) is 0 Å². The Morgan fingerprint density at radius 2 is 1.69 bits per heavy atom. The fourth-order valence-corrected chi connectivity index (χ4v) is 6.71. The van der Waals surface area contributed by atoms with Crippen LogP contribution in [-0.2, 0) is 24.3 Å². The van der Waals surface area contributed by atoms with Crippen molar-refractivity contribution < 1.29 is 26.9 Å². The molecule has 0 N–H and O–H groups in total. The summed E-state index contributed by atoms with van der Waals surface area (Å²) in [6.45, 7) is 12.8. The quantitative estimate of drug-likeness (QED) is 0.521. The third-order valence-corrected chi connectivity index (χ3v) is 10.00. The molecular weight excluding hydrogens is 368 g/mol. The summed E-state index contributed by atoms with van der Waals surface area (Å²) in [5.41, 5.74) is 1.03. The molecule has 0 saturated carbocycles. The molecule has 0 aromatic heterocycles. The van der Waals surface area contributed by atoms with E-state index in [1.807, 2.05) is 39.0 Å². The normalized spacial score (nSPS) is 19.7. The van der Waals surface area contributed by atoms with E-state index < -0.39 is 17.4 Å². The first-order valence-corrected chi connectivity index (χ1v) is 14.0. The summed E-state index contributed by atoms with van der Waals surface area (Å²) in [5, 5.41) is 0. The molecule has 6 nitrogen and oxygen atoms in total. The first-order chi connectivity index (χ1) is 12.5. The molecule has 0 spiro atoms. The molecule has 148 valence electrons. The van der Waals surface area contributed by atoms with Crippen LogP contribution in [0.2, 0.25) is 18.6 Å². The van der Waals surface area contributed by atoms with Crippen LogP contribution < -0.4 is 9.16 Å². The van der Waals surface area contributed by atoms with E-state index in [-0.39, 0.29) is 0 Å². The van der Waals surface area contributed by atoms with Crippen molar-refractivity contribution in [3.05, 3.63) is 23.8 Å². The molecule has 0 radical (unpaired) electrons. The zero-order valence-corrected chi connectivity index (χ0v) is 18.6. The lowest BCUT2D eigenvalue weighted by Gasteiger charge is -2.32. The Hall–Kier alpha value is -0.906. The summed E-state index contributed by atoms with van der Waals surface area (Å²) in [6.07, 6.45) is 0. The monoisotopic (exact) mass is 400 g/mol. The topological polar surface area (TPSA) is 55.4 Å². The number of hydrogen-bond donors (Lipinski definition) is 0. The number of rotatable bonds is 11. The fraction of sp³-hybridized carbons (Fsp3) is 0.667. The maximum Gasteiger partial charge on any atom is 0.504 e. The van der Waals surface area contributed by atoms with Gasteiger partial charge in [-0.1, -0.05) is 6.92 Å². The third-order valence-electron chi connectivity index (χ3n) is 4.30. The Morgan fingerprint density at radius 1 is 1.04 bits per heavy atom. The molecule has 8 heteroatoms. The lowest BCUT2D eigenvalue weighted by atomic mass is 10.2. The van der Waals surface area contributed by atoms with Gasteiger partial charge in [0.25, 0.3) is 0 Å². The minimum absolute atomic E-state index is 0.480. The van der Waals surface area contributed by atoms with E-state index in [1.54, 1.807) is 0 Å². The van der Waals surface area contributed by atoms with Gasteiger partial charge in [0, 0.05) is 25.4 Å². The molecule has 1 aromatic carbocycles. The van der Waals surface area contributed by atoms with Crippen LogP contribution in [0.1, 0.15) is 33.3 Å². The third kappa shape index (κ3) is 5.54. The van der Waals surface area contributed by atoms with Crippen LogP contribution in [-0.4, -0.2) is 43.8 Å². The van der Waals surface area contributed by atoms with Crippen LogP contribution in [0.25, 0.3) is 0 Å².